The number of ether oxygens (including phenoxy) is 1. The Balaban J connectivity index is 1.61. The Kier molecular flexibility index (Phi) is 8.46. The standard InChI is InChI=1S/C29H33N3O2SSi/c1-22(33)30-24-11-8-12-25(19-24)35-26-14-15-27-28(16-13-23-9-6-5-7-10-23)31-32(29(27)20-26)21-34-17-18-36(2,3)4/h5-16,19-20H,17-18,21H2,1-4H3,(H,30,33)/b16-13+. The molecular weight excluding hydrogens is 482 g/mol. The van der Waals surface area contributed by atoms with Gasteiger partial charge in [0.1, 0.15) is 6.73 Å². The molecular formula is C29H33N3O2SSi. The summed E-state index contributed by atoms with van der Waals surface area (Å²) in [7, 11) is -1.16. The minimum absolute atomic E-state index is 0.0762. The van der Waals surface area contributed by atoms with Crippen molar-refractivity contribution in [3.05, 3.63) is 84.1 Å². The molecule has 0 aliphatic carbocycles. The molecule has 5 nitrogen and oxygen atoms in total. The topological polar surface area (TPSA) is 56.2 Å². The van der Waals surface area contributed by atoms with Crippen molar-refractivity contribution in [3.63, 3.8) is 0 Å². The van der Waals surface area contributed by atoms with Gasteiger partial charge in [-0.2, -0.15) is 5.10 Å². The van der Waals surface area contributed by atoms with Crippen molar-refractivity contribution in [2.75, 3.05) is 11.9 Å². The van der Waals surface area contributed by atoms with Gasteiger partial charge in [0.2, 0.25) is 5.91 Å². The summed E-state index contributed by atoms with van der Waals surface area (Å²) in [5, 5.41) is 8.83. The number of hydrogen-bond acceptors (Lipinski definition) is 4. The van der Waals surface area contributed by atoms with Gasteiger partial charge in [0.05, 0.1) is 11.2 Å². The Morgan fingerprint density at radius 2 is 1.78 bits per heavy atom. The lowest BCUT2D eigenvalue weighted by molar-refractivity contribution is -0.114. The molecule has 0 radical (unpaired) electrons. The number of nitrogens with zero attached hydrogens (tertiary/aromatic N) is 2. The molecule has 36 heavy (non-hydrogen) atoms. The summed E-state index contributed by atoms with van der Waals surface area (Å²) in [4.78, 5) is 13.6. The highest BCUT2D eigenvalue weighted by Gasteiger charge is 2.14. The predicted octanol–water partition coefficient (Wildman–Crippen LogP) is 7.63. The Bertz CT molecular complexity index is 1360. The first-order chi connectivity index (χ1) is 17.3. The van der Waals surface area contributed by atoms with Crippen LogP contribution in [-0.2, 0) is 16.3 Å². The number of hydrogen-bond donors (Lipinski definition) is 1. The molecule has 186 valence electrons. The predicted molar refractivity (Wildman–Crippen MR) is 154 cm³/mol. The molecule has 3 aromatic carbocycles. The summed E-state index contributed by atoms with van der Waals surface area (Å²) in [6.45, 7) is 9.76. The number of nitrogens with one attached hydrogen (secondary N) is 1. The van der Waals surface area contributed by atoms with E-state index in [0.717, 1.165) is 50.3 Å². The van der Waals surface area contributed by atoms with Gasteiger partial charge in [-0.05, 0) is 54.1 Å². The smallest absolute Gasteiger partial charge is 0.221 e. The van der Waals surface area contributed by atoms with Gasteiger partial charge < -0.3 is 10.1 Å². The van der Waals surface area contributed by atoms with Crippen molar-refractivity contribution in [1.82, 2.24) is 9.78 Å². The SMILES string of the molecule is CC(=O)Nc1cccc(Sc2ccc3c(/C=C/c4ccccc4)nn(COCC[Si](C)(C)C)c3c2)c1. The number of aromatic nitrogens is 2. The van der Waals surface area contributed by atoms with Crippen LogP contribution in [0.3, 0.4) is 0 Å². The molecule has 1 heterocycles. The molecule has 1 aromatic heterocycles. The van der Waals surface area contributed by atoms with Gasteiger partial charge in [-0.1, -0.05) is 73.9 Å². The second-order valence-electron chi connectivity index (χ2n) is 9.97. The van der Waals surface area contributed by atoms with E-state index in [9.17, 15) is 4.79 Å². The van der Waals surface area contributed by atoms with Crippen molar-refractivity contribution < 1.29 is 9.53 Å². The molecule has 0 atom stereocenters. The lowest BCUT2D eigenvalue weighted by Crippen LogP contribution is -2.22. The van der Waals surface area contributed by atoms with E-state index >= 15 is 0 Å². The van der Waals surface area contributed by atoms with E-state index in [4.69, 9.17) is 9.84 Å². The lowest BCUT2D eigenvalue weighted by atomic mass is 10.1. The molecule has 0 spiro atoms. The van der Waals surface area contributed by atoms with Crippen molar-refractivity contribution in [2.45, 2.75) is 49.1 Å². The van der Waals surface area contributed by atoms with E-state index in [0.29, 0.717) is 6.73 Å². The zero-order valence-electron chi connectivity index (χ0n) is 21.3. The monoisotopic (exact) mass is 515 g/mol. The van der Waals surface area contributed by atoms with Crippen LogP contribution in [-0.4, -0.2) is 30.4 Å². The third-order valence-corrected chi connectivity index (χ3v) is 8.27. The number of amides is 1. The first-order valence-corrected chi connectivity index (χ1v) is 16.7. The zero-order chi connectivity index (χ0) is 25.5. The van der Waals surface area contributed by atoms with Crippen LogP contribution in [0.4, 0.5) is 5.69 Å². The van der Waals surface area contributed by atoms with Crippen LogP contribution in [0.25, 0.3) is 23.1 Å². The summed E-state index contributed by atoms with van der Waals surface area (Å²) >= 11 is 1.66. The van der Waals surface area contributed by atoms with E-state index < -0.39 is 8.07 Å². The summed E-state index contributed by atoms with van der Waals surface area (Å²) in [6, 6.07) is 25.7. The maximum Gasteiger partial charge on any atom is 0.221 e. The minimum atomic E-state index is -1.16. The van der Waals surface area contributed by atoms with Crippen molar-refractivity contribution in [1.29, 1.82) is 0 Å². The van der Waals surface area contributed by atoms with Crippen LogP contribution in [0.2, 0.25) is 25.7 Å². The molecule has 0 aliphatic heterocycles. The largest absolute Gasteiger partial charge is 0.360 e. The fraction of sp³-hybridized carbons (Fsp3) is 0.241. The average Bonchev–Trinajstić information content (AvgIpc) is 3.17. The summed E-state index contributed by atoms with van der Waals surface area (Å²) in [5.41, 5.74) is 3.89. The second-order valence-corrected chi connectivity index (χ2v) is 16.7. The van der Waals surface area contributed by atoms with Crippen LogP contribution in [0.5, 0.6) is 0 Å². The molecule has 0 bridgehead atoms. The molecule has 0 fully saturated rings. The van der Waals surface area contributed by atoms with Gasteiger partial charge in [0.15, 0.2) is 0 Å². The third kappa shape index (κ3) is 7.43. The summed E-state index contributed by atoms with van der Waals surface area (Å²) in [6.07, 6.45) is 4.16. The molecule has 1 N–H and O–H groups in total. The van der Waals surface area contributed by atoms with Gasteiger partial charge in [-0.15, -0.1) is 0 Å². The van der Waals surface area contributed by atoms with Crippen molar-refractivity contribution in [2.24, 2.45) is 0 Å². The molecule has 4 rings (SSSR count). The Morgan fingerprint density at radius 3 is 2.53 bits per heavy atom. The normalized spacial score (nSPS) is 11.9. The fourth-order valence-electron chi connectivity index (χ4n) is 3.71. The number of benzene rings is 3. The minimum Gasteiger partial charge on any atom is -0.360 e. The van der Waals surface area contributed by atoms with Gasteiger partial charge in [0, 0.05) is 42.5 Å². The number of fused-ring (bicyclic) bond motifs is 1. The number of carbonyl (C=O) groups excluding carboxylic acids is 1. The quantitative estimate of drug-likeness (QED) is 0.174. The Labute approximate surface area is 218 Å². The number of rotatable bonds is 10. The highest BCUT2D eigenvalue weighted by molar-refractivity contribution is 7.99. The van der Waals surface area contributed by atoms with Crippen LogP contribution in [0.15, 0.2) is 82.6 Å². The van der Waals surface area contributed by atoms with Gasteiger partial charge >= 0.3 is 0 Å². The molecule has 0 saturated heterocycles. The van der Waals surface area contributed by atoms with E-state index in [2.05, 4.69) is 67.4 Å². The molecule has 1 amide bonds. The molecule has 4 aromatic rings. The number of anilines is 1. The highest BCUT2D eigenvalue weighted by atomic mass is 32.2. The maximum atomic E-state index is 11.4. The maximum absolute atomic E-state index is 11.4. The van der Waals surface area contributed by atoms with Crippen LogP contribution in [0, 0.1) is 0 Å². The average molecular weight is 516 g/mol. The fourth-order valence-corrected chi connectivity index (χ4v) is 5.38. The van der Waals surface area contributed by atoms with Crippen LogP contribution < -0.4 is 5.32 Å². The molecule has 0 aliphatic rings. The molecule has 0 saturated carbocycles. The Morgan fingerprint density at radius 1 is 1.00 bits per heavy atom. The first-order valence-electron chi connectivity index (χ1n) is 12.1. The Hall–Kier alpha value is -3.13. The van der Waals surface area contributed by atoms with Gasteiger partial charge in [0.25, 0.3) is 0 Å². The lowest BCUT2D eigenvalue weighted by Gasteiger charge is -2.15. The molecule has 7 heteroatoms. The van der Waals surface area contributed by atoms with E-state index in [-0.39, 0.29) is 5.91 Å². The van der Waals surface area contributed by atoms with Crippen molar-refractivity contribution >= 4 is 54.5 Å². The zero-order valence-corrected chi connectivity index (χ0v) is 23.1. The third-order valence-electron chi connectivity index (χ3n) is 5.58. The number of carbonyl (C=O) groups is 1. The van der Waals surface area contributed by atoms with E-state index in [1.54, 1.807) is 11.8 Å². The van der Waals surface area contributed by atoms with E-state index in [1.807, 2.05) is 47.1 Å². The van der Waals surface area contributed by atoms with E-state index in [1.165, 1.54) is 6.92 Å². The van der Waals surface area contributed by atoms with Crippen LogP contribution in [0.1, 0.15) is 18.2 Å². The van der Waals surface area contributed by atoms with Gasteiger partial charge in [-0.25, -0.2) is 4.68 Å². The summed E-state index contributed by atoms with van der Waals surface area (Å²) < 4.78 is 8.02. The van der Waals surface area contributed by atoms with Crippen LogP contribution >= 0.6 is 11.8 Å². The second kappa shape index (κ2) is 11.7. The molecule has 0 unspecified atom stereocenters. The summed E-state index contributed by atoms with van der Waals surface area (Å²) in [5.74, 6) is -0.0762. The first kappa shape index (κ1) is 25.9. The highest BCUT2D eigenvalue weighted by Crippen LogP contribution is 2.33. The van der Waals surface area contributed by atoms with Gasteiger partial charge in [-0.3, -0.25) is 4.79 Å². The van der Waals surface area contributed by atoms with Crippen molar-refractivity contribution in [3.8, 4) is 0 Å².